The molecule has 0 spiro atoms. The van der Waals surface area contributed by atoms with Gasteiger partial charge in [0.15, 0.2) is 11.5 Å². The number of amides is 1. The van der Waals surface area contributed by atoms with Crippen LogP contribution in [0.4, 0.5) is 4.79 Å². The second kappa shape index (κ2) is 9.94. The number of carbonyl (C=O) groups is 2. The van der Waals surface area contributed by atoms with Gasteiger partial charge in [0.05, 0.1) is 20.3 Å². The third-order valence-corrected chi connectivity index (χ3v) is 5.07. The normalized spacial score (nSPS) is 15.5. The highest BCUT2D eigenvalue weighted by Gasteiger charge is 2.39. The maximum absolute atomic E-state index is 12.9. The maximum atomic E-state index is 12.9. The summed E-state index contributed by atoms with van der Waals surface area (Å²) in [5, 5.41) is 0. The minimum atomic E-state index is -0.816. The molecule has 0 radical (unpaired) electrons. The quantitative estimate of drug-likeness (QED) is 0.615. The van der Waals surface area contributed by atoms with E-state index in [2.05, 4.69) is 0 Å². The lowest BCUT2D eigenvalue weighted by Gasteiger charge is -2.37. The molecule has 0 saturated heterocycles. The van der Waals surface area contributed by atoms with Gasteiger partial charge in [0.2, 0.25) is 0 Å². The lowest BCUT2D eigenvalue weighted by molar-refractivity contribution is -0.150. The zero-order valence-corrected chi connectivity index (χ0v) is 19.3. The van der Waals surface area contributed by atoms with Gasteiger partial charge in [-0.05, 0) is 44.9 Å². The summed E-state index contributed by atoms with van der Waals surface area (Å²) in [6, 6.07) is 12.7. The van der Waals surface area contributed by atoms with E-state index in [1.54, 1.807) is 34.8 Å². The van der Waals surface area contributed by atoms with Crippen molar-refractivity contribution in [2.24, 2.45) is 0 Å². The van der Waals surface area contributed by atoms with Crippen molar-refractivity contribution >= 4 is 12.1 Å². The van der Waals surface area contributed by atoms with Crippen LogP contribution in [0, 0.1) is 0 Å². The highest BCUT2D eigenvalue weighted by atomic mass is 16.6. The van der Waals surface area contributed by atoms with Crippen molar-refractivity contribution in [3.05, 3.63) is 59.2 Å². The predicted molar refractivity (Wildman–Crippen MR) is 120 cm³/mol. The van der Waals surface area contributed by atoms with Crippen molar-refractivity contribution in [2.75, 3.05) is 13.7 Å². The Bertz CT molecular complexity index is 951. The van der Waals surface area contributed by atoms with Crippen molar-refractivity contribution in [3.63, 3.8) is 0 Å². The summed E-state index contributed by atoms with van der Waals surface area (Å²) in [6.45, 7) is 7.91. The van der Waals surface area contributed by atoms with Crippen molar-refractivity contribution in [1.29, 1.82) is 0 Å². The molecule has 172 valence electrons. The van der Waals surface area contributed by atoms with Crippen LogP contribution in [0.25, 0.3) is 0 Å². The smallest absolute Gasteiger partial charge is 0.411 e. The first-order valence-electron chi connectivity index (χ1n) is 10.7. The molecule has 7 heteroatoms. The molecule has 0 unspecified atom stereocenters. The number of esters is 1. The Kier molecular flexibility index (Phi) is 7.28. The van der Waals surface area contributed by atoms with Gasteiger partial charge >= 0.3 is 12.1 Å². The molecule has 2 aromatic rings. The first-order chi connectivity index (χ1) is 15.2. The van der Waals surface area contributed by atoms with E-state index in [0.29, 0.717) is 18.1 Å². The summed E-state index contributed by atoms with van der Waals surface area (Å²) in [6.07, 6.45) is -0.307. The van der Waals surface area contributed by atoms with Gasteiger partial charge in [-0.25, -0.2) is 9.59 Å². The van der Waals surface area contributed by atoms with Crippen LogP contribution < -0.4 is 9.47 Å². The number of nitrogens with zero attached hydrogens (tertiary/aromatic N) is 1. The molecular formula is C25H31NO6. The van der Waals surface area contributed by atoms with Crippen molar-refractivity contribution < 1.29 is 28.5 Å². The van der Waals surface area contributed by atoms with E-state index < -0.39 is 23.7 Å². The number of carbonyl (C=O) groups excluding carboxylic acids is 2. The monoisotopic (exact) mass is 441 g/mol. The average molecular weight is 442 g/mol. The summed E-state index contributed by atoms with van der Waals surface area (Å²) < 4.78 is 22.5. The summed E-state index contributed by atoms with van der Waals surface area (Å²) in [5.74, 6) is 0.681. The Morgan fingerprint density at radius 1 is 1.09 bits per heavy atom. The van der Waals surface area contributed by atoms with Gasteiger partial charge in [-0.3, -0.25) is 4.90 Å². The number of ether oxygens (including phenoxy) is 4. The Hall–Kier alpha value is -3.22. The fraction of sp³-hybridized carbons (Fsp3) is 0.440. The van der Waals surface area contributed by atoms with E-state index in [4.69, 9.17) is 18.9 Å². The Balaban J connectivity index is 1.95. The van der Waals surface area contributed by atoms with E-state index >= 15 is 0 Å². The molecule has 1 aliphatic rings. The first kappa shape index (κ1) is 23.4. The van der Waals surface area contributed by atoms with Gasteiger partial charge in [0.25, 0.3) is 0 Å². The molecule has 3 rings (SSSR count). The second-order valence-electron chi connectivity index (χ2n) is 8.59. The minimum absolute atomic E-state index is 0.208. The van der Waals surface area contributed by atoms with Crippen molar-refractivity contribution in [3.8, 4) is 11.5 Å². The fourth-order valence-electron chi connectivity index (χ4n) is 3.63. The van der Waals surface area contributed by atoms with Crippen molar-refractivity contribution in [1.82, 2.24) is 4.90 Å². The third-order valence-electron chi connectivity index (χ3n) is 5.07. The molecule has 1 aliphatic heterocycles. The van der Waals surface area contributed by atoms with Crippen LogP contribution in [0.15, 0.2) is 42.5 Å². The van der Waals surface area contributed by atoms with Crippen LogP contribution in [0.3, 0.4) is 0 Å². The van der Waals surface area contributed by atoms with E-state index in [1.165, 1.54) is 4.90 Å². The molecule has 2 aromatic carbocycles. The lowest BCUT2D eigenvalue weighted by atomic mass is 9.92. The van der Waals surface area contributed by atoms with E-state index in [1.807, 2.05) is 42.5 Å². The summed E-state index contributed by atoms with van der Waals surface area (Å²) in [5.41, 5.74) is 2.04. The molecule has 1 atom stereocenters. The van der Waals surface area contributed by atoms with Crippen LogP contribution in [0.2, 0.25) is 0 Å². The molecule has 1 amide bonds. The second-order valence-corrected chi connectivity index (χ2v) is 8.59. The number of benzene rings is 2. The van der Waals surface area contributed by atoms with Gasteiger partial charge in [0.1, 0.15) is 18.2 Å². The Morgan fingerprint density at radius 3 is 2.44 bits per heavy atom. The Labute approximate surface area is 189 Å². The van der Waals surface area contributed by atoms with E-state index in [0.717, 1.165) is 16.7 Å². The average Bonchev–Trinajstić information content (AvgIpc) is 2.76. The molecule has 32 heavy (non-hydrogen) atoms. The van der Waals surface area contributed by atoms with Crippen LogP contribution in [0.5, 0.6) is 11.5 Å². The maximum Gasteiger partial charge on any atom is 0.411 e. The first-order valence-corrected chi connectivity index (χ1v) is 10.7. The molecule has 0 fully saturated rings. The zero-order valence-electron chi connectivity index (χ0n) is 19.3. The highest BCUT2D eigenvalue weighted by molar-refractivity contribution is 5.83. The van der Waals surface area contributed by atoms with E-state index in [9.17, 15) is 9.59 Å². The van der Waals surface area contributed by atoms with Crippen LogP contribution in [-0.4, -0.2) is 42.3 Å². The van der Waals surface area contributed by atoms with Gasteiger partial charge in [0, 0.05) is 12.0 Å². The van der Waals surface area contributed by atoms with Crippen molar-refractivity contribution in [2.45, 2.75) is 58.9 Å². The molecule has 0 saturated carbocycles. The SMILES string of the molecule is CCOC(=O)[C@@H]1Cc2c(ccc(OC)c2OCc2ccccc2)CN1C(=O)OC(C)(C)C. The summed E-state index contributed by atoms with van der Waals surface area (Å²) in [4.78, 5) is 27.1. The van der Waals surface area contributed by atoms with Crippen LogP contribution >= 0.6 is 0 Å². The Morgan fingerprint density at radius 2 is 1.81 bits per heavy atom. The van der Waals surface area contributed by atoms with Gasteiger partial charge in [-0.1, -0.05) is 36.4 Å². The molecule has 0 bridgehead atoms. The standard InChI is InChI=1S/C25H31NO6/c1-6-30-23(27)20-14-19-18(15-26(20)24(28)32-25(2,3)4)12-13-21(29-5)22(19)31-16-17-10-8-7-9-11-17/h7-13,20H,6,14-16H2,1-5H3/t20-/m0/s1. The van der Waals surface area contributed by atoms with Crippen LogP contribution in [-0.2, 0) is 33.8 Å². The molecular weight excluding hydrogens is 410 g/mol. The molecule has 0 aliphatic carbocycles. The summed E-state index contributed by atoms with van der Waals surface area (Å²) in [7, 11) is 1.58. The number of hydrogen-bond acceptors (Lipinski definition) is 6. The number of fused-ring (bicyclic) bond motifs is 1. The highest BCUT2D eigenvalue weighted by Crippen LogP contribution is 2.39. The van der Waals surface area contributed by atoms with E-state index in [-0.39, 0.29) is 19.6 Å². The molecule has 0 N–H and O–H groups in total. The topological polar surface area (TPSA) is 74.3 Å². The third kappa shape index (κ3) is 5.52. The van der Waals surface area contributed by atoms with Gasteiger partial charge in [-0.15, -0.1) is 0 Å². The largest absolute Gasteiger partial charge is 0.493 e. The predicted octanol–water partition coefficient (Wildman–Crippen LogP) is 4.50. The van der Waals surface area contributed by atoms with Gasteiger partial charge < -0.3 is 18.9 Å². The molecule has 7 nitrogen and oxygen atoms in total. The molecule has 0 aromatic heterocycles. The minimum Gasteiger partial charge on any atom is -0.493 e. The van der Waals surface area contributed by atoms with Gasteiger partial charge in [-0.2, -0.15) is 0 Å². The lowest BCUT2D eigenvalue weighted by Crippen LogP contribution is -2.50. The molecule has 1 heterocycles. The number of hydrogen-bond donors (Lipinski definition) is 0. The number of methoxy groups -OCH3 is 1. The fourth-order valence-corrected chi connectivity index (χ4v) is 3.63. The van der Waals surface area contributed by atoms with Crippen LogP contribution in [0.1, 0.15) is 44.4 Å². The number of rotatable bonds is 6. The summed E-state index contributed by atoms with van der Waals surface area (Å²) >= 11 is 0. The zero-order chi connectivity index (χ0) is 23.3.